The Morgan fingerprint density at radius 3 is 2.00 bits per heavy atom. The van der Waals surface area contributed by atoms with Gasteiger partial charge in [0.05, 0.1) is 0 Å². The summed E-state index contributed by atoms with van der Waals surface area (Å²) in [5.74, 6) is 1.40. The molecule has 3 aromatic carbocycles. The summed E-state index contributed by atoms with van der Waals surface area (Å²) in [6, 6.07) is 24.0. The van der Waals surface area contributed by atoms with Gasteiger partial charge in [0.1, 0.15) is 13.7 Å². The normalized spacial score (nSPS) is 20.0. The van der Waals surface area contributed by atoms with Gasteiger partial charge in [-0.05, 0) is 47.1 Å². The lowest BCUT2D eigenvalue weighted by Crippen LogP contribution is -2.09. The highest BCUT2D eigenvalue weighted by Gasteiger charge is 2.19. The van der Waals surface area contributed by atoms with E-state index in [2.05, 4.69) is 32.1 Å². The lowest BCUT2D eigenvalue weighted by molar-refractivity contribution is 0.444. The molecule has 1 saturated carbocycles. The third-order valence-corrected chi connectivity index (χ3v) is 5.79. The molecule has 0 aliphatic heterocycles. The van der Waals surface area contributed by atoms with Crippen LogP contribution in [0.2, 0.25) is 5.82 Å². The highest BCUT2D eigenvalue weighted by molar-refractivity contribution is 6.11. The van der Waals surface area contributed by atoms with Crippen molar-refractivity contribution in [3.05, 3.63) is 84.2 Å². The molecule has 1 aliphatic rings. The number of hydrogen-bond donors (Lipinski definition) is 0. The Morgan fingerprint density at radius 1 is 0.692 bits per heavy atom. The molecule has 0 unspecified atom stereocenters. The summed E-state index contributed by atoms with van der Waals surface area (Å²) in [5, 5.41) is 0. The van der Waals surface area contributed by atoms with Crippen LogP contribution in [0.1, 0.15) is 37.2 Å². The molecule has 0 nitrogen and oxygen atoms in total. The Labute approximate surface area is 156 Å². The first-order chi connectivity index (χ1) is 12.7. The van der Waals surface area contributed by atoms with Crippen molar-refractivity contribution in [3.63, 3.8) is 0 Å². The van der Waals surface area contributed by atoms with Crippen LogP contribution in [0.25, 0.3) is 22.3 Å². The van der Waals surface area contributed by atoms with Crippen LogP contribution in [0.3, 0.4) is 0 Å². The van der Waals surface area contributed by atoms with Crippen molar-refractivity contribution in [1.82, 2.24) is 0 Å². The minimum atomic E-state index is -0.168. The summed E-state index contributed by atoms with van der Waals surface area (Å²) in [5.41, 5.74) is 5.02. The maximum atomic E-state index is 14.6. The summed E-state index contributed by atoms with van der Waals surface area (Å²) in [6.07, 6.45) is 5.25. The predicted octanol–water partition coefficient (Wildman–Crippen LogP) is 6.24. The molecule has 3 aromatic rings. The lowest BCUT2D eigenvalue weighted by atomic mass is 9.70. The van der Waals surface area contributed by atoms with E-state index in [9.17, 15) is 4.39 Å². The second-order valence-electron chi connectivity index (χ2n) is 7.64. The molecule has 1 aliphatic carbocycles. The van der Waals surface area contributed by atoms with Gasteiger partial charge < -0.3 is 0 Å². The van der Waals surface area contributed by atoms with Crippen molar-refractivity contribution in [1.29, 1.82) is 0 Å². The Bertz CT molecular complexity index is 862. The zero-order valence-corrected chi connectivity index (χ0v) is 15.3. The number of hydrogen-bond acceptors (Lipinski definition) is 0. The average Bonchev–Trinajstić information content (AvgIpc) is 2.69. The summed E-state index contributed by atoms with van der Waals surface area (Å²) < 4.78 is 14.6. The smallest absolute Gasteiger partial charge is 0.131 e. The van der Waals surface area contributed by atoms with E-state index in [1.807, 2.05) is 42.5 Å². The fourth-order valence-electron chi connectivity index (χ4n) is 4.09. The van der Waals surface area contributed by atoms with E-state index in [4.69, 9.17) is 0 Å². The maximum Gasteiger partial charge on any atom is 0.131 e. The SMILES string of the molecule is BC1CCC(c2ccc(-c3ccc(-c4ccccc4)c(F)c3)cc2)CC1. The quantitative estimate of drug-likeness (QED) is 0.494. The number of rotatable bonds is 3. The summed E-state index contributed by atoms with van der Waals surface area (Å²) >= 11 is 0. The van der Waals surface area contributed by atoms with Gasteiger partial charge in [-0.2, -0.15) is 0 Å². The van der Waals surface area contributed by atoms with Gasteiger partial charge in [-0.15, -0.1) is 0 Å². The summed E-state index contributed by atoms with van der Waals surface area (Å²) in [7, 11) is 2.35. The van der Waals surface area contributed by atoms with Gasteiger partial charge in [0.2, 0.25) is 0 Å². The maximum absolute atomic E-state index is 14.6. The molecule has 130 valence electrons. The third kappa shape index (κ3) is 3.60. The van der Waals surface area contributed by atoms with Crippen molar-refractivity contribution < 1.29 is 4.39 Å². The first-order valence-electron chi connectivity index (χ1n) is 9.66. The van der Waals surface area contributed by atoms with Gasteiger partial charge in [-0.1, -0.05) is 85.4 Å². The summed E-state index contributed by atoms with van der Waals surface area (Å²) in [4.78, 5) is 0. The third-order valence-electron chi connectivity index (χ3n) is 5.79. The second kappa shape index (κ2) is 7.49. The van der Waals surface area contributed by atoms with Crippen LogP contribution in [-0.4, -0.2) is 7.85 Å². The zero-order chi connectivity index (χ0) is 17.9. The minimum Gasteiger partial charge on any atom is -0.206 e. The monoisotopic (exact) mass is 342 g/mol. The van der Waals surface area contributed by atoms with E-state index < -0.39 is 0 Å². The minimum absolute atomic E-state index is 0.168. The molecule has 0 amide bonds. The summed E-state index contributed by atoms with van der Waals surface area (Å²) in [6.45, 7) is 0. The van der Waals surface area contributed by atoms with Crippen LogP contribution in [0.5, 0.6) is 0 Å². The molecule has 0 atom stereocenters. The second-order valence-corrected chi connectivity index (χ2v) is 7.64. The molecule has 4 rings (SSSR count). The van der Waals surface area contributed by atoms with E-state index in [1.165, 1.54) is 31.2 Å². The van der Waals surface area contributed by atoms with Crippen LogP contribution in [0, 0.1) is 5.82 Å². The molecule has 0 radical (unpaired) electrons. The largest absolute Gasteiger partial charge is 0.206 e. The molecular weight excluding hydrogens is 318 g/mol. The van der Waals surface area contributed by atoms with Crippen LogP contribution < -0.4 is 0 Å². The first kappa shape index (κ1) is 17.1. The molecule has 0 N–H and O–H groups in total. The van der Waals surface area contributed by atoms with E-state index in [0.717, 1.165) is 22.5 Å². The average molecular weight is 342 g/mol. The van der Waals surface area contributed by atoms with Crippen LogP contribution in [-0.2, 0) is 0 Å². The van der Waals surface area contributed by atoms with Gasteiger partial charge in [0.25, 0.3) is 0 Å². The number of benzene rings is 3. The molecule has 0 saturated heterocycles. The predicted molar refractivity (Wildman–Crippen MR) is 111 cm³/mol. The van der Waals surface area contributed by atoms with Crippen LogP contribution >= 0.6 is 0 Å². The highest BCUT2D eigenvalue weighted by atomic mass is 19.1. The molecule has 0 bridgehead atoms. The zero-order valence-electron chi connectivity index (χ0n) is 15.3. The van der Waals surface area contributed by atoms with Crippen molar-refractivity contribution in [3.8, 4) is 22.3 Å². The van der Waals surface area contributed by atoms with Gasteiger partial charge in [-0.3, -0.25) is 0 Å². The fourth-order valence-corrected chi connectivity index (χ4v) is 4.09. The topological polar surface area (TPSA) is 0 Å². The molecule has 0 aromatic heterocycles. The van der Waals surface area contributed by atoms with Gasteiger partial charge >= 0.3 is 0 Å². The lowest BCUT2D eigenvalue weighted by Gasteiger charge is -2.26. The van der Waals surface area contributed by atoms with E-state index in [0.29, 0.717) is 11.5 Å². The Balaban J connectivity index is 1.55. The Morgan fingerprint density at radius 2 is 1.35 bits per heavy atom. The van der Waals surface area contributed by atoms with Gasteiger partial charge in [0.15, 0.2) is 0 Å². The molecular formula is C24H24BF. The fraction of sp³-hybridized carbons (Fsp3) is 0.250. The molecule has 0 spiro atoms. The standard InChI is InChI=1S/C24H24BF/c25-22-13-10-18(11-14-22)17-6-8-19(9-7-17)21-12-15-23(24(26)16-21)20-4-2-1-3-5-20/h1-9,12,15-16,18,22H,10-11,13-14,25H2. The molecule has 2 heteroatoms. The first-order valence-corrected chi connectivity index (χ1v) is 9.66. The van der Waals surface area contributed by atoms with Gasteiger partial charge in [-0.25, -0.2) is 4.39 Å². The van der Waals surface area contributed by atoms with Crippen LogP contribution in [0.4, 0.5) is 4.39 Å². The van der Waals surface area contributed by atoms with E-state index >= 15 is 0 Å². The van der Waals surface area contributed by atoms with E-state index in [-0.39, 0.29) is 5.82 Å². The van der Waals surface area contributed by atoms with Crippen molar-refractivity contribution in [2.24, 2.45) is 0 Å². The molecule has 26 heavy (non-hydrogen) atoms. The Hall–Kier alpha value is -2.35. The van der Waals surface area contributed by atoms with Gasteiger partial charge in [0, 0.05) is 5.56 Å². The van der Waals surface area contributed by atoms with Crippen molar-refractivity contribution in [2.45, 2.75) is 37.4 Å². The Kier molecular flexibility index (Phi) is 4.92. The van der Waals surface area contributed by atoms with Crippen molar-refractivity contribution >= 4 is 7.85 Å². The molecule has 1 fully saturated rings. The highest BCUT2D eigenvalue weighted by Crippen LogP contribution is 2.37. The molecule has 0 heterocycles. The number of halogens is 1. The van der Waals surface area contributed by atoms with Crippen LogP contribution in [0.15, 0.2) is 72.8 Å². The van der Waals surface area contributed by atoms with Crippen molar-refractivity contribution in [2.75, 3.05) is 0 Å². The van der Waals surface area contributed by atoms with E-state index in [1.54, 1.807) is 6.07 Å².